The summed E-state index contributed by atoms with van der Waals surface area (Å²) in [6.07, 6.45) is 3.11. The topological polar surface area (TPSA) is 45.6 Å². The van der Waals surface area contributed by atoms with Crippen LogP contribution in [0, 0.1) is 5.82 Å². The highest BCUT2D eigenvalue weighted by Crippen LogP contribution is 2.33. The molecule has 3 rings (SSSR count). The van der Waals surface area contributed by atoms with Crippen molar-refractivity contribution in [3.63, 3.8) is 0 Å². The summed E-state index contributed by atoms with van der Waals surface area (Å²) in [6.45, 7) is 5.51. The minimum absolute atomic E-state index is 0.0339. The lowest BCUT2D eigenvalue weighted by molar-refractivity contribution is -0.142. The Morgan fingerprint density at radius 1 is 1.15 bits per heavy atom. The molecular weight excluding hydrogens is 345 g/mol. The molecule has 2 amide bonds. The van der Waals surface area contributed by atoms with Crippen LogP contribution < -0.4 is 0 Å². The average molecular weight is 371 g/mol. The van der Waals surface area contributed by atoms with Gasteiger partial charge in [0.25, 0.3) is 0 Å². The van der Waals surface area contributed by atoms with E-state index >= 15 is 0 Å². The molecule has 0 radical (unpaired) electrons. The first-order valence-corrected chi connectivity index (χ1v) is 9.53. The summed E-state index contributed by atoms with van der Waals surface area (Å²) in [5.41, 5.74) is 1.37. The molecule has 0 aliphatic carbocycles. The standard InChI is InChI=1S/C21H26FN3O2/c1-3-11-24(19(26)4-2)15-20(27)25-14-13-23-12-7-10-18(23)21(25)16-8-5-6-9-17(16)22/h5-10,12,21H,3-4,11,13-15H2,1-2H3. The largest absolute Gasteiger partial charge is 0.348 e. The number of rotatable bonds is 6. The van der Waals surface area contributed by atoms with Crippen molar-refractivity contribution >= 4 is 11.8 Å². The van der Waals surface area contributed by atoms with Gasteiger partial charge in [0.2, 0.25) is 11.8 Å². The quantitative estimate of drug-likeness (QED) is 0.783. The lowest BCUT2D eigenvalue weighted by Gasteiger charge is -2.38. The van der Waals surface area contributed by atoms with E-state index < -0.39 is 6.04 Å². The molecule has 0 spiro atoms. The molecule has 6 heteroatoms. The predicted molar refractivity (Wildman–Crippen MR) is 102 cm³/mol. The van der Waals surface area contributed by atoms with Crippen LogP contribution in [0.5, 0.6) is 0 Å². The molecule has 1 aliphatic heterocycles. The molecular formula is C21H26FN3O2. The Morgan fingerprint density at radius 3 is 2.63 bits per heavy atom. The van der Waals surface area contributed by atoms with Gasteiger partial charge >= 0.3 is 0 Å². The van der Waals surface area contributed by atoms with Crippen molar-refractivity contribution in [2.24, 2.45) is 0 Å². The molecule has 2 aromatic rings. The van der Waals surface area contributed by atoms with Crippen molar-refractivity contribution in [2.45, 2.75) is 39.3 Å². The highest BCUT2D eigenvalue weighted by molar-refractivity contribution is 5.85. The second-order valence-corrected chi connectivity index (χ2v) is 6.81. The van der Waals surface area contributed by atoms with Crippen LogP contribution in [0.25, 0.3) is 0 Å². The van der Waals surface area contributed by atoms with Crippen LogP contribution in [-0.2, 0) is 16.1 Å². The van der Waals surface area contributed by atoms with Gasteiger partial charge in [-0.15, -0.1) is 0 Å². The number of halogens is 1. The number of hydrogen-bond donors (Lipinski definition) is 0. The van der Waals surface area contributed by atoms with Gasteiger partial charge in [0.05, 0.1) is 6.54 Å². The van der Waals surface area contributed by atoms with E-state index in [2.05, 4.69) is 4.57 Å². The van der Waals surface area contributed by atoms with Crippen LogP contribution in [-0.4, -0.2) is 45.8 Å². The second kappa shape index (κ2) is 8.37. The van der Waals surface area contributed by atoms with Crippen LogP contribution in [0.15, 0.2) is 42.6 Å². The number of carbonyl (C=O) groups excluding carboxylic acids is 2. The molecule has 0 fully saturated rings. The Morgan fingerprint density at radius 2 is 1.93 bits per heavy atom. The van der Waals surface area contributed by atoms with E-state index in [1.165, 1.54) is 6.07 Å². The summed E-state index contributed by atoms with van der Waals surface area (Å²) in [6, 6.07) is 9.94. The molecule has 0 bridgehead atoms. The van der Waals surface area contributed by atoms with Gasteiger partial charge in [0.1, 0.15) is 11.9 Å². The van der Waals surface area contributed by atoms with Gasteiger partial charge in [-0.2, -0.15) is 0 Å². The Kier molecular flexibility index (Phi) is 5.94. The van der Waals surface area contributed by atoms with Gasteiger partial charge in [-0.25, -0.2) is 4.39 Å². The SMILES string of the molecule is CCCN(CC(=O)N1CCn2cccc2C1c1ccccc1F)C(=O)CC. The van der Waals surface area contributed by atoms with Crippen molar-refractivity contribution in [1.29, 1.82) is 0 Å². The zero-order valence-corrected chi connectivity index (χ0v) is 15.9. The molecule has 2 heterocycles. The molecule has 0 saturated carbocycles. The first-order valence-electron chi connectivity index (χ1n) is 9.53. The molecule has 1 aliphatic rings. The molecule has 5 nitrogen and oxygen atoms in total. The summed E-state index contributed by atoms with van der Waals surface area (Å²) in [5, 5.41) is 0. The highest BCUT2D eigenvalue weighted by atomic mass is 19.1. The van der Waals surface area contributed by atoms with E-state index in [-0.39, 0.29) is 24.2 Å². The third-order valence-corrected chi connectivity index (χ3v) is 5.03. The first-order chi connectivity index (χ1) is 13.1. The smallest absolute Gasteiger partial charge is 0.243 e. The van der Waals surface area contributed by atoms with Crippen LogP contribution in [0.3, 0.4) is 0 Å². The minimum Gasteiger partial charge on any atom is -0.348 e. The lowest BCUT2D eigenvalue weighted by Crippen LogP contribution is -2.48. The zero-order valence-electron chi connectivity index (χ0n) is 15.9. The van der Waals surface area contributed by atoms with E-state index in [1.54, 1.807) is 34.9 Å². The maximum absolute atomic E-state index is 14.6. The normalized spacial score (nSPS) is 16.1. The van der Waals surface area contributed by atoms with Crippen LogP contribution >= 0.6 is 0 Å². The van der Waals surface area contributed by atoms with Gasteiger partial charge < -0.3 is 14.4 Å². The fraction of sp³-hybridized carbons (Fsp3) is 0.429. The fourth-order valence-electron chi connectivity index (χ4n) is 3.72. The third-order valence-electron chi connectivity index (χ3n) is 5.03. The second-order valence-electron chi connectivity index (χ2n) is 6.81. The molecule has 0 N–H and O–H groups in total. The number of fused-ring (bicyclic) bond motifs is 1. The average Bonchev–Trinajstić information content (AvgIpc) is 3.15. The van der Waals surface area contributed by atoms with E-state index in [0.717, 1.165) is 12.1 Å². The minimum atomic E-state index is -0.484. The van der Waals surface area contributed by atoms with E-state index in [1.807, 2.05) is 25.3 Å². The Balaban J connectivity index is 1.92. The maximum Gasteiger partial charge on any atom is 0.243 e. The Labute approximate surface area is 159 Å². The molecule has 27 heavy (non-hydrogen) atoms. The van der Waals surface area contributed by atoms with Gasteiger partial charge in [-0.1, -0.05) is 32.0 Å². The number of nitrogens with zero attached hydrogens (tertiary/aromatic N) is 3. The van der Waals surface area contributed by atoms with Crippen LogP contribution in [0.1, 0.15) is 44.0 Å². The van der Waals surface area contributed by atoms with Crippen molar-refractivity contribution < 1.29 is 14.0 Å². The van der Waals surface area contributed by atoms with Crippen molar-refractivity contribution in [1.82, 2.24) is 14.4 Å². The van der Waals surface area contributed by atoms with Crippen LogP contribution in [0.4, 0.5) is 4.39 Å². The zero-order chi connectivity index (χ0) is 19.4. The van der Waals surface area contributed by atoms with Gasteiger partial charge in [0.15, 0.2) is 0 Å². The highest BCUT2D eigenvalue weighted by Gasteiger charge is 2.34. The van der Waals surface area contributed by atoms with Crippen molar-refractivity contribution in [2.75, 3.05) is 19.6 Å². The number of benzene rings is 1. The summed E-state index contributed by atoms with van der Waals surface area (Å²) >= 11 is 0. The summed E-state index contributed by atoms with van der Waals surface area (Å²) < 4.78 is 16.6. The number of amides is 2. The summed E-state index contributed by atoms with van der Waals surface area (Å²) in [7, 11) is 0. The number of carbonyl (C=O) groups is 2. The van der Waals surface area contributed by atoms with Gasteiger partial charge in [0, 0.05) is 43.5 Å². The summed E-state index contributed by atoms with van der Waals surface area (Å²) in [4.78, 5) is 28.6. The third kappa shape index (κ3) is 3.89. The Hall–Kier alpha value is -2.63. The van der Waals surface area contributed by atoms with Crippen LogP contribution in [0.2, 0.25) is 0 Å². The molecule has 1 aromatic carbocycles. The number of aromatic nitrogens is 1. The lowest BCUT2D eigenvalue weighted by atomic mass is 9.99. The Bertz CT molecular complexity index is 817. The summed E-state index contributed by atoms with van der Waals surface area (Å²) in [5.74, 6) is -0.510. The monoisotopic (exact) mass is 371 g/mol. The first kappa shape index (κ1) is 19.1. The van der Waals surface area contributed by atoms with E-state index in [4.69, 9.17) is 0 Å². The van der Waals surface area contributed by atoms with E-state index in [9.17, 15) is 14.0 Å². The molecule has 144 valence electrons. The number of hydrogen-bond acceptors (Lipinski definition) is 2. The van der Waals surface area contributed by atoms with Gasteiger partial charge in [-0.05, 0) is 24.6 Å². The molecule has 1 atom stereocenters. The molecule has 1 aromatic heterocycles. The van der Waals surface area contributed by atoms with Crippen molar-refractivity contribution in [3.8, 4) is 0 Å². The van der Waals surface area contributed by atoms with Crippen molar-refractivity contribution in [3.05, 3.63) is 59.7 Å². The maximum atomic E-state index is 14.6. The fourth-order valence-corrected chi connectivity index (χ4v) is 3.72. The predicted octanol–water partition coefficient (Wildman–Crippen LogP) is 3.21. The molecule has 0 saturated heterocycles. The molecule has 1 unspecified atom stereocenters. The van der Waals surface area contributed by atoms with Gasteiger partial charge in [-0.3, -0.25) is 9.59 Å². The van der Waals surface area contributed by atoms with E-state index in [0.29, 0.717) is 31.6 Å².